The number of thioether (sulfide) groups is 1. The van der Waals surface area contributed by atoms with Crippen LogP contribution in [0.5, 0.6) is 0 Å². The van der Waals surface area contributed by atoms with Crippen molar-refractivity contribution >= 4 is 23.6 Å². The zero-order valence-corrected chi connectivity index (χ0v) is 16.9. The molecule has 1 amide bonds. The lowest BCUT2D eigenvalue weighted by atomic mass is 10.1. The van der Waals surface area contributed by atoms with Crippen LogP contribution >= 0.6 is 11.8 Å². The predicted molar refractivity (Wildman–Crippen MR) is 109 cm³/mol. The zero-order chi connectivity index (χ0) is 18.6. The topological polar surface area (TPSA) is 47.9 Å². The number of rotatable bonds is 4. The number of nitrogens with zero attached hydrogens (tertiary/aromatic N) is 3. The fraction of sp³-hybridized carbons (Fsp3) is 0.600. The van der Waals surface area contributed by atoms with Crippen LogP contribution in [0.25, 0.3) is 0 Å². The van der Waals surface area contributed by atoms with Crippen LogP contribution in [0.2, 0.25) is 0 Å². The van der Waals surface area contributed by atoms with Crippen molar-refractivity contribution in [3.8, 4) is 0 Å². The summed E-state index contributed by atoms with van der Waals surface area (Å²) in [5, 5.41) is 3.51. The molecule has 3 rings (SSSR count). The molecule has 0 aromatic heterocycles. The highest BCUT2D eigenvalue weighted by molar-refractivity contribution is 8.00. The number of carbonyl (C=O) groups is 1. The molecule has 0 saturated carbocycles. The molecule has 0 radical (unpaired) electrons. The fourth-order valence-corrected chi connectivity index (χ4v) is 4.75. The van der Waals surface area contributed by atoms with Gasteiger partial charge in [-0.3, -0.25) is 9.79 Å². The van der Waals surface area contributed by atoms with E-state index in [4.69, 9.17) is 0 Å². The maximum Gasteiger partial charge on any atom is 0.222 e. The second-order valence-corrected chi connectivity index (χ2v) is 9.47. The van der Waals surface area contributed by atoms with E-state index in [0.29, 0.717) is 6.42 Å². The van der Waals surface area contributed by atoms with Crippen LogP contribution in [0.1, 0.15) is 37.8 Å². The Labute approximate surface area is 161 Å². The predicted octanol–water partition coefficient (Wildman–Crippen LogP) is 2.71. The molecule has 2 saturated heterocycles. The van der Waals surface area contributed by atoms with E-state index >= 15 is 0 Å². The Kier molecular flexibility index (Phi) is 6.12. The Morgan fingerprint density at radius 2 is 2.12 bits per heavy atom. The molecule has 1 N–H and O–H groups in total. The minimum absolute atomic E-state index is 0.262. The second-order valence-electron chi connectivity index (χ2n) is 7.67. The van der Waals surface area contributed by atoms with Gasteiger partial charge in [-0.15, -0.1) is 0 Å². The Morgan fingerprint density at radius 3 is 2.81 bits per heavy atom. The summed E-state index contributed by atoms with van der Waals surface area (Å²) in [5.74, 6) is 2.38. The molecule has 6 heteroatoms. The number of nitrogens with one attached hydrogen (secondary N) is 1. The first-order valence-electron chi connectivity index (χ1n) is 9.42. The van der Waals surface area contributed by atoms with Crippen molar-refractivity contribution in [3.05, 3.63) is 35.4 Å². The third-order valence-electron chi connectivity index (χ3n) is 4.92. The van der Waals surface area contributed by atoms with Gasteiger partial charge in [0.25, 0.3) is 0 Å². The molecule has 5 nitrogen and oxygen atoms in total. The largest absolute Gasteiger partial charge is 0.352 e. The van der Waals surface area contributed by atoms with Crippen molar-refractivity contribution in [3.63, 3.8) is 0 Å². The van der Waals surface area contributed by atoms with Gasteiger partial charge in [-0.25, -0.2) is 0 Å². The van der Waals surface area contributed by atoms with Gasteiger partial charge < -0.3 is 15.1 Å². The molecule has 142 valence electrons. The molecule has 0 bridgehead atoms. The molecule has 1 aromatic rings. The maximum atomic E-state index is 11.8. The fourth-order valence-electron chi connectivity index (χ4n) is 3.64. The van der Waals surface area contributed by atoms with Gasteiger partial charge in [0, 0.05) is 56.7 Å². The van der Waals surface area contributed by atoms with Gasteiger partial charge in [0.1, 0.15) is 0 Å². The normalized spacial score (nSPS) is 20.6. The number of hydrogen-bond acceptors (Lipinski definition) is 3. The molecular weight excluding hydrogens is 344 g/mol. The van der Waals surface area contributed by atoms with Gasteiger partial charge in [0.2, 0.25) is 5.91 Å². The highest BCUT2D eigenvalue weighted by Crippen LogP contribution is 2.29. The number of hydrogen-bond donors (Lipinski definition) is 1. The van der Waals surface area contributed by atoms with Crippen LogP contribution in [-0.4, -0.2) is 58.8 Å². The van der Waals surface area contributed by atoms with Crippen molar-refractivity contribution in [1.82, 2.24) is 15.1 Å². The SMILES string of the molecule is CN=C(NCc1cccc(CN2CCCC2=O)c1)N1CCSC(C)(C)C1. The molecular formula is C20H30N4OS. The van der Waals surface area contributed by atoms with Crippen LogP contribution < -0.4 is 5.32 Å². The quantitative estimate of drug-likeness (QED) is 0.650. The summed E-state index contributed by atoms with van der Waals surface area (Å²) >= 11 is 2.03. The monoisotopic (exact) mass is 374 g/mol. The first-order chi connectivity index (χ1) is 12.5. The Morgan fingerprint density at radius 1 is 1.31 bits per heavy atom. The first kappa shape index (κ1) is 19.1. The Hall–Kier alpha value is -1.69. The summed E-state index contributed by atoms with van der Waals surface area (Å²) in [5.41, 5.74) is 2.42. The van der Waals surface area contributed by atoms with Crippen LogP contribution in [-0.2, 0) is 17.9 Å². The van der Waals surface area contributed by atoms with Crippen molar-refractivity contribution in [1.29, 1.82) is 0 Å². The van der Waals surface area contributed by atoms with E-state index in [1.54, 1.807) is 0 Å². The minimum atomic E-state index is 0.262. The highest BCUT2D eigenvalue weighted by atomic mass is 32.2. The molecule has 1 aromatic carbocycles. The van der Waals surface area contributed by atoms with Crippen molar-refractivity contribution in [2.45, 2.75) is 44.5 Å². The van der Waals surface area contributed by atoms with Gasteiger partial charge in [0.05, 0.1) is 0 Å². The standard InChI is InChI=1S/C20H30N4OS/c1-20(2)15-24(10-11-26-20)19(21-3)22-13-16-6-4-7-17(12-16)14-23-9-5-8-18(23)25/h4,6-7,12H,5,8-11,13-15H2,1-3H3,(H,21,22). The number of aliphatic imine (C=N–C) groups is 1. The summed E-state index contributed by atoms with van der Waals surface area (Å²) in [6.07, 6.45) is 1.68. The van der Waals surface area contributed by atoms with E-state index < -0.39 is 0 Å². The molecule has 0 unspecified atom stereocenters. The van der Waals surface area contributed by atoms with Crippen LogP contribution in [0.15, 0.2) is 29.3 Å². The summed E-state index contributed by atoms with van der Waals surface area (Å²) in [6, 6.07) is 8.51. The van der Waals surface area contributed by atoms with E-state index in [1.165, 1.54) is 11.1 Å². The number of benzene rings is 1. The highest BCUT2D eigenvalue weighted by Gasteiger charge is 2.28. The van der Waals surface area contributed by atoms with E-state index in [2.05, 4.69) is 53.3 Å². The zero-order valence-electron chi connectivity index (χ0n) is 16.1. The van der Waals surface area contributed by atoms with Gasteiger partial charge in [-0.1, -0.05) is 24.3 Å². The van der Waals surface area contributed by atoms with Crippen molar-refractivity contribution in [2.75, 3.05) is 32.4 Å². The lowest BCUT2D eigenvalue weighted by molar-refractivity contribution is -0.128. The molecule has 0 aliphatic carbocycles. The maximum absolute atomic E-state index is 11.8. The first-order valence-corrected chi connectivity index (χ1v) is 10.4. The Bertz CT molecular complexity index is 674. The third-order valence-corrected chi connectivity index (χ3v) is 6.22. The van der Waals surface area contributed by atoms with Crippen LogP contribution in [0.3, 0.4) is 0 Å². The molecule has 2 aliphatic heterocycles. The lowest BCUT2D eigenvalue weighted by Gasteiger charge is -2.39. The van der Waals surface area contributed by atoms with Crippen LogP contribution in [0.4, 0.5) is 0 Å². The van der Waals surface area contributed by atoms with Crippen LogP contribution in [0, 0.1) is 0 Å². The number of amides is 1. The van der Waals surface area contributed by atoms with Gasteiger partial charge in [-0.05, 0) is 31.4 Å². The van der Waals surface area contributed by atoms with E-state index in [0.717, 1.165) is 50.9 Å². The van der Waals surface area contributed by atoms with Crippen molar-refractivity contribution in [2.24, 2.45) is 4.99 Å². The summed E-state index contributed by atoms with van der Waals surface area (Å²) in [7, 11) is 1.85. The molecule has 2 fully saturated rings. The molecule has 0 atom stereocenters. The van der Waals surface area contributed by atoms with E-state index in [-0.39, 0.29) is 10.7 Å². The number of guanidine groups is 1. The summed E-state index contributed by atoms with van der Waals surface area (Å²) < 4.78 is 0.262. The van der Waals surface area contributed by atoms with Gasteiger partial charge in [0.15, 0.2) is 5.96 Å². The third kappa shape index (κ3) is 4.93. The molecule has 26 heavy (non-hydrogen) atoms. The molecule has 2 heterocycles. The van der Waals surface area contributed by atoms with E-state index in [1.807, 2.05) is 23.7 Å². The number of likely N-dealkylation sites (tertiary alicyclic amines) is 1. The Balaban J connectivity index is 1.58. The summed E-state index contributed by atoms with van der Waals surface area (Å²) in [4.78, 5) is 20.6. The van der Waals surface area contributed by atoms with E-state index in [9.17, 15) is 4.79 Å². The van der Waals surface area contributed by atoms with Gasteiger partial charge in [-0.2, -0.15) is 11.8 Å². The average molecular weight is 375 g/mol. The molecule has 2 aliphatic rings. The number of carbonyl (C=O) groups excluding carboxylic acids is 1. The lowest BCUT2D eigenvalue weighted by Crippen LogP contribution is -2.50. The minimum Gasteiger partial charge on any atom is -0.352 e. The molecule has 0 spiro atoms. The average Bonchev–Trinajstić information content (AvgIpc) is 3.00. The van der Waals surface area contributed by atoms with Crippen molar-refractivity contribution < 1.29 is 4.79 Å². The second kappa shape index (κ2) is 8.33. The van der Waals surface area contributed by atoms with Gasteiger partial charge >= 0.3 is 0 Å². The smallest absolute Gasteiger partial charge is 0.222 e. The summed E-state index contributed by atoms with van der Waals surface area (Å²) in [6.45, 7) is 8.98.